The van der Waals surface area contributed by atoms with Gasteiger partial charge in [0.1, 0.15) is 17.1 Å². The van der Waals surface area contributed by atoms with E-state index in [1.165, 1.54) is 24.5 Å². The summed E-state index contributed by atoms with van der Waals surface area (Å²) in [6, 6.07) is 9.66. The van der Waals surface area contributed by atoms with Gasteiger partial charge in [-0.2, -0.15) is 5.10 Å². The summed E-state index contributed by atoms with van der Waals surface area (Å²) in [5, 5.41) is 9.69. The largest absolute Gasteiger partial charge is 0.397 e. The average Bonchev–Trinajstić information content (AvgIpc) is 3.61. The Labute approximate surface area is 219 Å². The van der Waals surface area contributed by atoms with Crippen LogP contribution in [-0.4, -0.2) is 35.6 Å². The number of benzene rings is 1. The summed E-state index contributed by atoms with van der Waals surface area (Å²) < 4.78 is 14.6. The van der Waals surface area contributed by atoms with Crippen molar-refractivity contribution in [3.05, 3.63) is 101 Å². The summed E-state index contributed by atoms with van der Waals surface area (Å²) in [5.74, 6) is -0.584. The van der Waals surface area contributed by atoms with Gasteiger partial charge in [-0.25, -0.2) is 14.4 Å². The summed E-state index contributed by atoms with van der Waals surface area (Å²) in [6.45, 7) is 0.445. The monoisotopic (exact) mass is 536 g/mol. The molecule has 6 rings (SSSR count). The van der Waals surface area contributed by atoms with E-state index in [0.717, 1.165) is 22.0 Å². The number of nitrogens with two attached hydrogens (primary N) is 1. The molecule has 0 unspecified atom stereocenters. The van der Waals surface area contributed by atoms with Gasteiger partial charge in [-0.3, -0.25) is 9.48 Å². The van der Waals surface area contributed by atoms with Gasteiger partial charge in [-0.15, -0.1) is 0 Å². The molecule has 0 aliphatic rings. The van der Waals surface area contributed by atoms with Crippen LogP contribution in [0.2, 0.25) is 10.0 Å². The highest BCUT2D eigenvalue weighted by molar-refractivity contribution is 6.31. The van der Waals surface area contributed by atoms with Crippen molar-refractivity contribution in [2.75, 3.05) is 11.1 Å². The van der Waals surface area contributed by atoms with Crippen LogP contribution in [0.3, 0.4) is 0 Å². The normalized spacial score (nSPS) is 10.9. The number of fused-ring (bicyclic) bond motifs is 2. The molecule has 5 N–H and O–H groups in total. The molecular weight excluding hydrogens is 518 g/mol. The minimum atomic E-state index is -0.295. The van der Waals surface area contributed by atoms with Crippen molar-refractivity contribution in [2.24, 2.45) is 0 Å². The average molecular weight is 537 g/mol. The number of nitrogen functional groups attached to an aromatic ring is 1. The zero-order valence-corrected chi connectivity index (χ0v) is 20.6. The van der Waals surface area contributed by atoms with Gasteiger partial charge < -0.3 is 21.0 Å². The molecule has 9 nitrogen and oxygen atoms in total. The maximum absolute atomic E-state index is 13.0. The van der Waals surface area contributed by atoms with Crippen LogP contribution in [0.5, 0.6) is 0 Å². The van der Waals surface area contributed by atoms with Crippen molar-refractivity contribution in [3.63, 3.8) is 0 Å². The van der Waals surface area contributed by atoms with E-state index in [1.54, 1.807) is 53.7 Å². The second-order valence-electron chi connectivity index (χ2n) is 8.05. The summed E-state index contributed by atoms with van der Waals surface area (Å²) in [5.41, 5.74) is 9.59. The smallest absolute Gasteiger partial charge is 0.258 e. The summed E-state index contributed by atoms with van der Waals surface area (Å²) >= 11 is 11.7. The van der Waals surface area contributed by atoms with E-state index >= 15 is 0 Å². The number of hydrogen-bond donors (Lipinski definition) is 4. The standard InChI is InChI=1S/C18H13ClFN5O.C7H6ClN3/c19-13-5-15-16(8-22-17(15)21-7-13)24-18(26)12-6-23-25(10-12)9-11-1-3-14(20)4-2-11;8-4-1-5-6(9)3-11-7(5)10-2-4/h1-8,10H,9H2,(H,21,22)(H,24,26);1-3H,9H2,(H,10,11). The van der Waals surface area contributed by atoms with E-state index in [2.05, 4.69) is 30.4 Å². The third-order valence-electron chi connectivity index (χ3n) is 5.43. The van der Waals surface area contributed by atoms with E-state index in [9.17, 15) is 9.18 Å². The number of pyridine rings is 2. The molecule has 5 aromatic heterocycles. The number of amides is 1. The molecule has 5 heterocycles. The Bertz CT molecular complexity index is 1710. The third kappa shape index (κ3) is 5.55. The molecule has 0 saturated heterocycles. The molecule has 186 valence electrons. The van der Waals surface area contributed by atoms with E-state index in [0.29, 0.717) is 39.2 Å². The number of aromatic amines is 2. The van der Waals surface area contributed by atoms with Gasteiger partial charge in [-0.05, 0) is 29.8 Å². The van der Waals surface area contributed by atoms with Gasteiger partial charge in [0, 0.05) is 41.8 Å². The molecule has 0 spiro atoms. The van der Waals surface area contributed by atoms with Crippen molar-refractivity contribution in [3.8, 4) is 0 Å². The van der Waals surface area contributed by atoms with Crippen LogP contribution >= 0.6 is 23.2 Å². The van der Waals surface area contributed by atoms with E-state index < -0.39 is 0 Å². The molecule has 12 heteroatoms. The van der Waals surface area contributed by atoms with E-state index in [4.69, 9.17) is 28.9 Å². The van der Waals surface area contributed by atoms with Gasteiger partial charge in [0.15, 0.2) is 0 Å². The number of halogens is 3. The fraction of sp³-hybridized carbons (Fsp3) is 0.0400. The second-order valence-corrected chi connectivity index (χ2v) is 8.93. The first-order valence-corrected chi connectivity index (χ1v) is 11.7. The number of hydrogen-bond acceptors (Lipinski definition) is 5. The number of anilines is 2. The number of rotatable bonds is 4. The molecule has 1 amide bonds. The molecule has 0 bridgehead atoms. The van der Waals surface area contributed by atoms with Crippen LogP contribution in [-0.2, 0) is 6.54 Å². The predicted molar refractivity (Wildman–Crippen MR) is 142 cm³/mol. The van der Waals surface area contributed by atoms with Crippen LogP contribution in [0.25, 0.3) is 22.1 Å². The van der Waals surface area contributed by atoms with Crippen molar-refractivity contribution in [1.29, 1.82) is 0 Å². The van der Waals surface area contributed by atoms with Crippen molar-refractivity contribution in [1.82, 2.24) is 29.7 Å². The minimum Gasteiger partial charge on any atom is -0.397 e. The van der Waals surface area contributed by atoms with E-state index in [1.807, 2.05) is 0 Å². The second kappa shape index (κ2) is 10.3. The van der Waals surface area contributed by atoms with Gasteiger partial charge >= 0.3 is 0 Å². The van der Waals surface area contributed by atoms with Gasteiger partial charge in [-0.1, -0.05) is 35.3 Å². The number of nitrogens with one attached hydrogen (secondary N) is 3. The summed E-state index contributed by atoms with van der Waals surface area (Å²) in [4.78, 5) is 26.6. The third-order valence-corrected chi connectivity index (χ3v) is 5.84. The molecule has 1 aromatic carbocycles. The molecule has 0 aliphatic heterocycles. The van der Waals surface area contributed by atoms with Crippen LogP contribution in [0, 0.1) is 5.82 Å². The quantitative estimate of drug-likeness (QED) is 0.231. The van der Waals surface area contributed by atoms with Crippen molar-refractivity contribution < 1.29 is 9.18 Å². The Kier molecular flexibility index (Phi) is 6.76. The highest BCUT2D eigenvalue weighted by Crippen LogP contribution is 2.25. The van der Waals surface area contributed by atoms with Crippen LogP contribution in [0.15, 0.2) is 73.6 Å². The lowest BCUT2D eigenvalue weighted by atomic mass is 10.2. The summed E-state index contributed by atoms with van der Waals surface area (Å²) in [6.07, 6.45) is 9.60. The number of nitrogens with zero attached hydrogens (tertiary/aromatic N) is 4. The lowest BCUT2D eigenvalue weighted by Crippen LogP contribution is -2.10. The summed E-state index contributed by atoms with van der Waals surface area (Å²) in [7, 11) is 0. The number of H-pyrrole nitrogens is 2. The van der Waals surface area contributed by atoms with Gasteiger partial charge in [0.25, 0.3) is 5.91 Å². The van der Waals surface area contributed by atoms with Crippen molar-refractivity contribution >= 4 is 62.6 Å². The maximum Gasteiger partial charge on any atom is 0.258 e. The number of carbonyl (C=O) groups excluding carboxylic acids is 1. The predicted octanol–water partition coefficient (Wildman–Crippen LogP) is 5.65. The first-order valence-electron chi connectivity index (χ1n) is 10.9. The Morgan fingerprint density at radius 2 is 1.62 bits per heavy atom. The molecular formula is C25H19Cl2FN8O. The fourth-order valence-electron chi connectivity index (χ4n) is 3.62. The van der Waals surface area contributed by atoms with Crippen LogP contribution in [0.1, 0.15) is 15.9 Å². The highest BCUT2D eigenvalue weighted by atomic mass is 35.5. The van der Waals surface area contributed by atoms with Crippen LogP contribution in [0.4, 0.5) is 15.8 Å². The van der Waals surface area contributed by atoms with Gasteiger partial charge in [0.05, 0.1) is 39.7 Å². The molecule has 0 atom stereocenters. The molecule has 0 fully saturated rings. The molecule has 6 aromatic rings. The number of aromatic nitrogens is 6. The maximum atomic E-state index is 13.0. The lowest BCUT2D eigenvalue weighted by Gasteiger charge is -2.02. The first kappa shape index (κ1) is 24.3. The minimum absolute atomic E-state index is 0.289. The molecule has 0 radical (unpaired) electrons. The molecule has 0 saturated carbocycles. The topological polar surface area (TPSA) is 130 Å². The SMILES string of the molecule is Nc1c[nH]c2ncc(Cl)cc12.O=C(Nc1c[nH]c2ncc(Cl)cc12)c1cnn(Cc2ccc(F)cc2)c1. The first-order chi connectivity index (χ1) is 17.9. The molecule has 37 heavy (non-hydrogen) atoms. The number of carbonyl (C=O) groups is 1. The van der Waals surface area contributed by atoms with Crippen LogP contribution < -0.4 is 11.1 Å². The van der Waals surface area contributed by atoms with E-state index in [-0.39, 0.29) is 11.7 Å². The Morgan fingerprint density at radius 1 is 0.973 bits per heavy atom. The molecule has 0 aliphatic carbocycles. The highest BCUT2D eigenvalue weighted by Gasteiger charge is 2.13. The zero-order chi connectivity index (χ0) is 25.9. The lowest BCUT2D eigenvalue weighted by molar-refractivity contribution is 0.102. The van der Waals surface area contributed by atoms with Gasteiger partial charge in [0.2, 0.25) is 0 Å². The van der Waals surface area contributed by atoms with Crippen molar-refractivity contribution in [2.45, 2.75) is 6.54 Å². The Morgan fingerprint density at radius 3 is 2.35 bits per heavy atom. The Balaban J connectivity index is 0.000000212. The Hall–Kier alpha value is -4.41. The zero-order valence-electron chi connectivity index (χ0n) is 19.0. The fourth-order valence-corrected chi connectivity index (χ4v) is 3.93.